The molecule has 0 aromatic heterocycles. The zero-order valence-electron chi connectivity index (χ0n) is 9.81. The monoisotopic (exact) mass is 371 g/mol. The Morgan fingerprint density at radius 3 is 2.56 bits per heavy atom. The van der Waals surface area contributed by atoms with Crippen LogP contribution in [-0.4, -0.2) is 0 Å². The fourth-order valence-corrected chi connectivity index (χ4v) is 2.43. The zero-order valence-corrected chi connectivity index (χ0v) is 13.0. The van der Waals surface area contributed by atoms with Crippen LogP contribution in [-0.2, 0) is 6.54 Å². The fourth-order valence-electron chi connectivity index (χ4n) is 1.67. The van der Waals surface area contributed by atoms with E-state index in [0.717, 1.165) is 20.2 Å². The molecule has 1 N–H and O–H groups in total. The Morgan fingerprint density at radius 1 is 1.11 bits per heavy atom. The van der Waals surface area contributed by atoms with E-state index in [1.165, 1.54) is 17.7 Å². The second-order valence-corrected chi connectivity index (χ2v) is 5.87. The Labute approximate surface area is 123 Å². The number of hydrogen-bond acceptors (Lipinski definition) is 1. The van der Waals surface area contributed by atoms with Crippen LogP contribution in [0.5, 0.6) is 0 Å². The molecular weight excluding hydrogens is 361 g/mol. The van der Waals surface area contributed by atoms with Crippen LogP contribution in [0.4, 0.5) is 10.1 Å². The Kier molecular flexibility index (Phi) is 4.40. The molecule has 0 bridgehead atoms. The number of aryl methyl sites for hydroxylation is 1. The van der Waals surface area contributed by atoms with Gasteiger partial charge in [-0.15, -0.1) is 0 Å². The third-order valence-corrected chi connectivity index (χ3v) is 3.92. The predicted octanol–water partition coefficient (Wildman–Crippen LogP) is 5.27. The average molecular weight is 373 g/mol. The highest BCUT2D eigenvalue weighted by atomic mass is 79.9. The van der Waals surface area contributed by atoms with Gasteiger partial charge in [0.15, 0.2) is 0 Å². The molecule has 0 aliphatic rings. The highest BCUT2D eigenvalue weighted by Gasteiger charge is 2.00. The fraction of sp³-hybridized carbons (Fsp3) is 0.143. The highest BCUT2D eigenvalue weighted by molar-refractivity contribution is 9.10. The van der Waals surface area contributed by atoms with Gasteiger partial charge < -0.3 is 5.32 Å². The maximum atomic E-state index is 13.2. The standard InChI is InChI=1S/C14H12Br2FN/c1-9-4-13(2-3-14(9)16)18-8-10-5-11(15)7-12(17)6-10/h2-7,18H,8H2,1H3. The van der Waals surface area contributed by atoms with Gasteiger partial charge in [-0.25, -0.2) is 4.39 Å². The van der Waals surface area contributed by atoms with E-state index >= 15 is 0 Å². The molecule has 2 aromatic carbocycles. The van der Waals surface area contributed by atoms with Crippen LogP contribution < -0.4 is 5.32 Å². The van der Waals surface area contributed by atoms with E-state index in [-0.39, 0.29) is 5.82 Å². The van der Waals surface area contributed by atoms with Crippen LogP contribution in [0.3, 0.4) is 0 Å². The molecule has 0 aliphatic heterocycles. The predicted molar refractivity (Wildman–Crippen MR) is 80.3 cm³/mol. The minimum absolute atomic E-state index is 0.229. The van der Waals surface area contributed by atoms with Crippen molar-refractivity contribution in [3.63, 3.8) is 0 Å². The van der Waals surface area contributed by atoms with E-state index in [1.54, 1.807) is 0 Å². The molecule has 0 radical (unpaired) electrons. The number of hydrogen-bond donors (Lipinski definition) is 1. The number of nitrogens with one attached hydrogen (secondary N) is 1. The topological polar surface area (TPSA) is 12.0 Å². The zero-order chi connectivity index (χ0) is 13.1. The van der Waals surface area contributed by atoms with Crippen molar-refractivity contribution in [1.82, 2.24) is 0 Å². The second kappa shape index (κ2) is 5.85. The van der Waals surface area contributed by atoms with Gasteiger partial charge in [0.2, 0.25) is 0 Å². The van der Waals surface area contributed by atoms with Crippen LogP contribution in [0.25, 0.3) is 0 Å². The molecule has 0 unspecified atom stereocenters. The van der Waals surface area contributed by atoms with Crippen molar-refractivity contribution in [2.75, 3.05) is 5.32 Å². The molecule has 0 saturated carbocycles. The highest BCUT2D eigenvalue weighted by Crippen LogP contribution is 2.21. The summed E-state index contributed by atoms with van der Waals surface area (Å²) in [5.74, 6) is -0.229. The molecular formula is C14H12Br2FN. The molecule has 0 atom stereocenters. The van der Waals surface area contributed by atoms with Crippen molar-refractivity contribution >= 4 is 37.5 Å². The molecule has 94 valence electrons. The summed E-state index contributed by atoms with van der Waals surface area (Å²) < 4.78 is 15.0. The van der Waals surface area contributed by atoms with E-state index in [9.17, 15) is 4.39 Å². The quantitative estimate of drug-likeness (QED) is 0.773. The lowest BCUT2D eigenvalue weighted by molar-refractivity contribution is 0.625. The van der Waals surface area contributed by atoms with E-state index in [2.05, 4.69) is 43.2 Å². The molecule has 0 aliphatic carbocycles. The van der Waals surface area contributed by atoms with Gasteiger partial charge in [0, 0.05) is 21.2 Å². The maximum absolute atomic E-state index is 13.2. The SMILES string of the molecule is Cc1cc(NCc2cc(F)cc(Br)c2)ccc1Br. The summed E-state index contributed by atoms with van der Waals surface area (Å²) in [6.07, 6.45) is 0. The van der Waals surface area contributed by atoms with Gasteiger partial charge in [-0.2, -0.15) is 0 Å². The molecule has 0 saturated heterocycles. The first-order chi connectivity index (χ1) is 8.54. The van der Waals surface area contributed by atoms with Crippen LogP contribution in [0.2, 0.25) is 0 Å². The lowest BCUT2D eigenvalue weighted by atomic mass is 10.2. The minimum atomic E-state index is -0.229. The summed E-state index contributed by atoms with van der Waals surface area (Å²) in [7, 11) is 0. The molecule has 18 heavy (non-hydrogen) atoms. The van der Waals surface area contributed by atoms with Gasteiger partial charge in [-0.1, -0.05) is 31.9 Å². The van der Waals surface area contributed by atoms with E-state index < -0.39 is 0 Å². The van der Waals surface area contributed by atoms with Crippen LogP contribution in [0, 0.1) is 12.7 Å². The number of anilines is 1. The van der Waals surface area contributed by atoms with E-state index in [4.69, 9.17) is 0 Å². The molecule has 0 heterocycles. The summed E-state index contributed by atoms with van der Waals surface area (Å²) in [6.45, 7) is 2.63. The number of benzene rings is 2. The third-order valence-electron chi connectivity index (χ3n) is 2.58. The Hall–Kier alpha value is -0.870. The molecule has 2 rings (SSSR count). The van der Waals surface area contributed by atoms with Crippen LogP contribution in [0.15, 0.2) is 45.3 Å². The van der Waals surface area contributed by atoms with Gasteiger partial charge in [0.25, 0.3) is 0 Å². The van der Waals surface area contributed by atoms with Crippen LogP contribution >= 0.6 is 31.9 Å². The van der Waals surface area contributed by atoms with Crippen molar-refractivity contribution in [2.24, 2.45) is 0 Å². The Bertz CT molecular complexity index is 549. The summed E-state index contributed by atoms with van der Waals surface area (Å²) >= 11 is 6.75. The molecule has 0 amide bonds. The second-order valence-electron chi connectivity index (χ2n) is 4.10. The molecule has 0 spiro atoms. The van der Waals surface area contributed by atoms with Gasteiger partial charge in [-0.3, -0.25) is 0 Å². The Balaban J connectivity index is 2.08. The lowest BCUT2D eigenvalue weighted by Gasteiger charge is -2.09. The maximum Gasteiger partial charge on any atom is 0.124 e. The number of rotatable bonds is 3. The summed E-state index contributed by atoms with van der Waals surface area (Å²) in [4.78, 5) is 0. The molecule has 1 nitrogen and oxygen atoms in total. The molecule has 0 fully saturated rings. The van der Waals surface area contributed by atoms with Crippen molar-refractivity contribution in [2.45, 2.75) is 13.5 Å². The minimum Gasteiger partial charge on any atom is -0.381 e. The van der Waals surface area contributed by atoms with E-state index in [1.807, 2.05) is 25.1 Å². The molecule has 2 aromatic rings. The van der Waals surface area contributed by atoms with Gasteiger partial charge in [0.05, 0.1) is 0 Å². The van der Waals surface area contributed by atoms with Crippen LogP contribution in [0.1, 0.15) is 11.1 Å². The summed E-state index contributed by atoms with van der Waals surface area (Å²) in [5.41, 5.74) is 3.10. The number of halogens is 3. The van der Waals surface area contributed by atoms with E-state index in [0.29, 0.717) is 6.54 Å². The van der Waals surface area contributed by atoms with Gasteiger partial charge in [0.1, 0.15) is 5.82 Å². The third kappa shape index (κ3) is 3.56. The van der Waals surface area contributed by atoms with Gasteiger partial charge >= 0.3 is 0 Å². The lowest BCUT2D eigenvalue weighted by Crippen LogP contribution is -2.00. The largest absolute Gasteiger partial charge is 0.381 e. The first-order valence-corrected chi connectivity index (χ1v) is 7.08. The van der Waals surface area contributed by atoms with Crippen molar-refractivity contribution in [1.29, 1.82) is 0 Å². The average Bonchev–Trinajstić information content (AvgIpc) is 2.29. The first-order valence-electron chi connectivity index (χ1n) is 5.49. The van der Waals surface area contributed by atoms with Gasteiger partial charge in [-0.05, 0) is 54.4 Å². The Morgan fingerprint density at radius 2 is 1.89 bits per heavy atom. The summed E-state index contributed by atoms with van der Waals surface area (Å²) in [5, 5.41) is 3.28. The molecule has 4 heteroatoms. The summed E-state index contributed by atoms with van der Waals surface area (Å²) in [6, 6.07) is 10.9. The van der Waals surface area contributed by atoms with Crippen molar-refractivity contribution in [3.05, 3.63) is 62.3 Å². The van der Waals surface area contributed by atoms with Crippen molar-refractivity contribution in [3.8, 4) is 0 Å². The van der Waals surface area contributed by atoms with Crippen molar-refractivity contribution < 1.29 is 4.39 Å². The normalized spacial score (nSPS) is 10.4. The smallest absolute Gasteiger partial charge is 0.124 e. The first kappa shape index (κ1) is 13.6.